The monoisotopic (exact) mass is 1620 g/mol. The number of benzene rings is 20. The second-order valence-electron chi connectivity index (χ2n) is 35.9. The number of fused-ring (bicyclic) bond motifs is 40. The lowest BCUT2D eigenvalue weighted by atomic mass is 9.70. The van der Waals surface area contributed by atoms with Crippen LogP contribution < -0.4 is 0 Å². The molecule has 0 amide bonds. The minimum atomic E-state index is -0.266. The van der Waals surface area contributed by atoms with Crippen LogP contribution in [0.3, 0.4) is 0 Å². The van der Waals surface area contributed by atoms with E-state index in [1.807, 2.05) is 0 Å². The van der Waals surface area contributed by atoms with Gasteiger partial charge in [-0.05, 0) is 262 Å². The van der Waals surface area contributed by atoms with Gasteiger partial charge in [-0.15, -0.1) is 0 Å². The van der Waals surface area contributed by atoms with Crippen molar-refractivity contribution in [1.82, 2.24) is 0 Å². The van der Waals surface area contributed by atoms with Gasteiger partial charge in [0, 0.05) is 0 Å². The van der Waals surface area contributed by atoms with Crippen LogP contribution in [-0.4, -0.2) is 0 Å². The van der Waals surface area contributed by atoms with Crippen LogP contribution in [0.4, 0.5) is 0 Å². The highest BCUT2D eigenvalue weighted by molar-refractivity contribution is 6.05. The van der Waals surface area contributed by atoms with E-state index in [2.05, 4.69) is 489 Å². The van der Waals surface area contributed by atoms with Crippen molar-refractivity contribution in [2.45, 2.75) is 49.4 Å². The third-order valence-corrected chi connectivity index (χ3v) is 29.6. The Bertz CT molecular complexity index is 7810. The van der Waals surface area contributed by atoms with Gasteiger partial charge in [0.2, 0.25) is 0 Å². The van der Waals surface area contributed by atoms with E-state index in [0.717, 1.165) is 0 Å². The fourth-order valence-electron chi connectivity index (χ4n) is 24.6. The van der Waals surface area contributed by atoms with Crippen molar-refractivity contribution >= 4 is 0 Å². The van der Waals surface area contributed by atoms with E-state index in [9.17, 15) is 0 Å². The Morgan fingerprint density at radius 2 is 0.344 bits per heavy atom. The lowest BCUT2D eigenvalue weighted by Gasteiger charge is -2.30. The molecule has 0 aliphatic heterocycles. The Kier molecular flexibility index (Phi) is 17.0. The average molecular weight is 1630 g/mol. The van der Waals surface area contributed by atoms with Crippen molar-refractivity contribution in [2.75, 3.05) is 0 Å². The SMILES string of the molecule is Cc1ccc(-c2ccc3c(c2)-c2ccccc2C32c3ccccc3-c3ccccc32)cc1.Cc1ccc(-c2cccc3c2-c2ccccc2C32c3ccccc3-c3ccccc32)cc1.Cc1cccc(-c2cccc3c2-c2ccccc2C32c3ccccc3-c3ccccc32)c1.Cc1ccccc1-c1cccc2c1-c1ccccc1C21c2ccccc2-c2ccccc21. The summed E-state index contributed by atoms with van der Waals surface area (Å²) in [6.07, 6.45) is 0. The molecule has 0 fully saturated rings. The van der Waals surface area contributed by atoms with Gasteiger partial charge in [-0.1, -0.05) is 472 Å². The second-order valence-corrected chi connectivity index (χ2v) is 35.9. The van der Waals surface area contributed by atoms with Crippen molar-refractivity contribution in [2.24, 2.45) is 0 Å². The van der Waals surface area contributed by atoms with Gasteiger partial charge in [0.25, 0.3) is 0 Å². The Morgan fingerprint density at radius 3 is 0.680 bits per heavy atom. The molecule has 20 aromatic carbocycles. The van der Waals surface area contributed by atoms with Crippen molar-refractivity contribution < 1.29 is 0 Å². The molecule has 8 aliphatic carbocycles. The van der Waals surface area contributed by atoms with Crippen molar-refractivity contribution in [1.29, 1.82) is 0 Å². The molecular weight excluding hydrogens is 1540 g/mol. The highest BCUT2D eigenvalue weighted by Gasteiger charge is 2.57. The molecular formula is C128H88. The fourth-order valence-corrected chi connectivity index (χ4v) is 24.6. The van der Waals surface area contributed by atoms with Gasteiger partial charge < -0.3 is 0 Å². The maximum Gasteiger partial charge on any atom is 0.0725 e. The predicted octanol–water partition coefficient (Wildman–Crippen LogP) is 32.0. The van der Waals surface area contributed by atoms with Gasteiger partial charge in [0.05, 0.1) is 21.7 Å². The first-order valence-electron chi connectivity index (χ1n) is 45.2. The van der Waals surface area contributed by atoms with Crippen molar-refractivity contribution in [3.05, 3.63) is 572 Å². The average Bonchev–Trinajstić information content (AvgIpc) is 1.53. The second kappa shape index (κ2) is 29.0. The van der Waals surface area contributed by atoms with Crippen LogP contribution in [-0.2, 0) is 21.7 Å². The smallest absolute Gasteiger partial charge is 0.0620 e. The lowest BCUT2D eigenvalue weighted by Crippen LogP contribution is -2.25. The summed E-state index contributed by atoms with van der Waals surface area (Å²) in [5.41, 5.74) is 58.6. The summed E-state index contributed by atoms with van der Waals surface area (Å²) < 4.78 is 0. The molecule has 0 heteroatoms. The summed E-state index contributed by atoms with van der Waals surface area (Å²) in [4.78, 5) is 0. The summed E-state index contributed by atoms with van der Waals surface area (Å²) in [7, 11) is 0. The Balaban J connectivity index is 0.0000000926. The summed E-state index contributed by atoms with van der Waals surface area (Å²) in [5, 5.41) is 0. The summed E-state index contributed by atoms with van der Waals surface area (Å²) in [6, 6.07) is 171. The standard InChI is InChI=1S/4C32H22/c1-21-10-8-11-22(20-21)23-15-9-19-30-31(23)26-14-4-7-18-29(26)32(30)27-16-5-2-12-24(27)25-13-3-6-17-28(25)32;1-21-17-19-22(20-18-21)23-12-8-16-30-31(23)26-11-4-7-15-29(26)32(30)27-13-5-2-9-24(27)25-10-3-6-14-28(25)32;1-21-14-16-22(17-15-21)23-18-19-31-27(20-23)26-10-4-7-13-30(26)32(31)28-11-5-2-8-24(28)25-9-3-6-12-29(25)32;1-21-11-2-3-12-22(21)25-16-10-20-30-31(25)26-15-6-9-19-29(26)32(30)27-17-7-4-13-23(27)24-14-5-8-18-28(24)32/h4*2-20H,1H3. The Hall–Kier alpha value is -15.6. The zero-order valence-corrected chi connectivity index (χ0v) is 71.9. The van der Waals surface area contributed by atoms with E-state index >= 15 is 0 Å². The third kappa shape index (κ3) is 10.4. The zero-order chi connectivity index (χ0) is 85.1. The first kappa shape index (κ1) is 75.0. The molecule has 20 aromatic rings. The van der Waals surface area contributed by atoms with Gasteiger partial charge in [0.15, 0.2) is 0 Å². The van der Waals surface area contributed by atoms with Gasteiger partial charge >= 0.3 is 0 Å². The van der Waals surface area contributed by atoms with Gasteiger partial charge in [-0.25, -0.2) is 0 Å². The number of rotatable bonds is 4. The number of hydrogen-bond donors (Lipinski definition) is 0. The van der Waals surface area contributed by atoms with Gasteiger partial charge in [-0.2, -0.15) is 0 Å². The third-order valence-electron chi connectivity index (χ3n) is 29.6. The fraction of sp³-hybridized carbons (Fsp3) is 0.0625. The van der Waals surface area contributed by atoms with E-state index < -0.39 is 0 Å². The minimum absolute atomic E-state index is 0.245. The van der Waals surface area contributed by atoms with Crippen LogP contribution in [0.1, 0.15) is 111 Å². The normalized spacial score (nSPS) is 14.0. The predicted molar refractivity (Wildman–Crippen MR) is 532 cm³/mol. The molecule has 0 unspecified atom stereocenters. The summed E-state index contributed by atoms with van der Waals surface area (Å²) >= 11 is 0. The molecule has 0 bridgehead atoms. The van der Waals surface area contributed by atoms with E-state index in [1.165, 1.54) is 245 Å². The molecule has 0 aromatic heterocycles. The van der Waals surface area contributed by atoms with Crippen LogP contribution in [0.15, 0.2) is 461 Å². The molecule has 0 saturated carbocycles. The van der Waals surface area contributed by atoms with Crippen LogP contribution >= 0.6 is 0 Å². The molecule has 28 rings (SSSR count). The lowest BCUT2D eigenvalue weighted by molar-refractivity contribution is 0.794. The molecule has 0 radical (unpaired) electrons. The highest BCUT2D eigenvalue weighted by atomic mass is 14.6. The van der Waals surface area contributed by atoms with Crippen molar-refractivity contribution in [3.63, 3.8) is 0 Å². The number of aryl methyl sites for hydroxylation is 4. The van der Waals surface area contributed by atoms with Gasteiger partial charge in [0.1, 0.15) is 0 Å². The molecule has 600 valence electrons. The molecule has 0 atom stereocenters. The van der Waals surface area contributed by atoms with E-state index in [1.54, 1.807) is 0 Å². The van der Waals surface area contributed by atoms with Crippen molar-refractivity contribution in [3.8, 4) is 134 Å². The molecule has 128 heavy (non-hydrogen) atoms. The molecule has 0 saturated heterocycles. The topological polar surface area (TPSA) is 0 Å². The molecule has 4 spiro atoms. The van der Waals surface area contributed by atoms with Crippen LogP contribution in [0.5, 0.6) is 0 Å². The molecule has 0 nitrogen and oxygen atoms in total. The largest absolute Gasteiger partial charge is 0.0725 e. The quantitative estimate of drug-likeness (QED) is 0.165. The Morgan fingerprint density at radius 1 is 0.117 bits per heavy atom. The zero-order valence-electron chi connectivity index (χ0n) is 71.9. The maximum absolute atomic E-state index is 2.40. The van der Waals surface area contributed by atoms with Crippen LogP contribution in [0, 0.1) is 27.7 Å². The van der Waals surface area contributed by atoms with Gasteiger partial charge in [-0.3, -0.25) is 0 Å². The van der Waals surface area contributed by atoms with Crippen LogP contribution in [0.25, 0.3) is 134 Å². The van der Waals surface area contributed by atoms with E-state index in [4.69, 9.17) is 0 Å². The summed E-state index contributed by atoms with van der Waals surface area (Å²) in [5.74, 6) is 0. The summed E-state index contributed by atoms with van der Waals surface area (Å²) in [6.45, 7) is 8.68. The first-order chi connectivity index (χ1) is 63.2. The van der Waals surface area contributed by atoms with E-state index in [0.29, 0.717) is 0 Å². The molecule has 0 N–H and O–H groups in total. The first-order valence-corrected chi connectivity index (χ1v) is 45.2. The van der Waals surface area contributed by atoms with E-state index in [-0.39, 0.29) is 21.7 Å². The maximum atomic E-state index is 2.40. The molecule has 8 aliphatic rings. The highest BCUT2D eigenvalue weighted by Crippen LogP contribution is 2.69. The van der Waals surface area contributed by atoms with Crippen LogP contribution in [0.2, 0.25) is 0 Å². The molecule has 0 heterocycles. The number of hydrogen-bond acceptors (Lipinski definition) is 0. The minimum Gasteiger partial charge on any atom is -0.0620 e. The Labute approximate surface area is 749 Å².